The van der Waals surface area contributed by atoms with Crippen LogP contribution in [0, 0.1) is 10.1 Å². The molecule has 1 aliphatic rings. The highest BCUT2D eigenvalue weighted by atomic mass is 16.6. The van der Waals surface area contributed by atoms with Crippen LogP contribution in [0.3, 0.4) is 0 Å². The van der Waals surface area contributed by atoms with Gasteiger partial charge in [0.2, 0.25) is 5.91 Å². The van der Waals surface area contributed by atoms with Crippen LogP contribution in [0.4, 0.5) is 17.1 Å². The lowest BCUT2D eigenvalue weighted by Crippen LogP contribution is -2.35. The van der Waals surface area contributed by atoms with Gasteiger partial charge in [0.25, 0.3) is 11.6 Å². The number of methoxy groups -OCH3 is 1. The molecule has 0 atom stereocenters. The van der Waals surface area contributed by atoms with E-state index in [1.807, 2.05) is 0 Å². The molecule has 0 unspecified atom stereocenters. The third-order valence-corrected chi connectivity index (χ3v) is 4.39. The van der Waals surface area contributed by atoms with Gasteiger partial charge in [0, 0.05) is 42.4 Å². The average molecular weight is 369 g/mol. The van der Waals surface area contributed by atoms with E-state index in [9.17, 15) is 19.7 Å². The third-order valence-electron chi connectivity index (χ3n) is 4.39. The number of ether oxygens (including phenoxy) is 1. The van der Waals surface area contributed by atoms with E-state index < -0.39 is 10.8 Å². The first-order valence-electron chi connectivity index (χ1n) is 8.54. The fourth-order valence-electron chi connectivity index (χ4n) is 2.98. The molecule has 3 rings (SSSR count). The van der Waals surface area contributed by atoms with Gasteiger partial charge in [-0.2, -0.15) is 0 Å². The predicted octanol–water partition coefficient (Wildman–Crippen LogP) is 3.37. The summed E-state index contributed by atoms with van der Waals surface area (Å²) in [6.45, 7) is 0.643. The number of hydrogen-bond acceptors (Lipinski definition) is 5. The summed E-state index contributed by atoms with van der Waals surface area (Å²) in [5.74, 6) is 0.155. The highest BCUT2D eigenvalue weighted by Crippen LogP contribution is 2.33. The van der Waals surface area contributed by atoms with Gasteiger partial charge in [0.1, 0.15) is 5.75 Å². The van der Waals surface area contributed by atoms with E-state index in [1.54, 1.807) is 23.1 Å². The number of nitrogens with zero attached hydrogens (tertiary/aromatic N) is 2. The molecule has 140 valence electrons. The summed E-state index contributed by atoms with van der Waals surface area (Å²) in [6.07, 6.45) is 2.34. The summed E-state index contributed by atoms with van der Waals surface area (Å²) >= 11 is 0. The SMILES string of the molecule is COc1cc(NC(=O)c2ccc([N+](=O)[O-])cc2)ccc1N1CCCCC1=O. The fraction of sp³-hybridized carbons (Fsp3) is 0.263. The highest BCUT2D eigenvalue weighted by Gasteiger charge is 2.23. The molecule has 1 saturated heterocycles. The lowest BCUT2D eigenvalue weighted by Gasteiger charge is -2.28. The van der Waals surface area contributed by atoms with Crippen molar-refractivity contribution in [2.45, 2.75) is 19.3 Å². The molecule has 0 saturated carbocycles. The van der Waals surface area contributed by atoms with Crippen LogP contribution in [0.2, 0.25) is 0 Å². The predicted molar refractivity (Wildman–Crippen MR) is 100 cm³/mol. The number of benzene rings is 2. The topological polar surface area (TPSA) is 102 Å². The van der Waals surface area contributed by atoms with Crippen LogP contribution in [0.25, 0.3) is 0 Å². The Hall–Kier alpha value is -3.42. The molecule has 1 N–H and O–H groups in total. The zero-order chi connectivity index (χ0) is 19.4. The zero-order valence-electron chi connectivity index (χ0n) is 14.8. The molecule has 0 aliphatic carbocycles. The monoisotopic (exact) mass is 369 g/mol. The number of anilines is 2. The molecule has 8 nitrogen and oxygen atoms in total. The number of carbonyl (C=O) groups excluding carboxylic acids is 2. The van der Waals surface area contributed by atoms with Gasteiger partial charge in [-0.15, -0.1) is 0 Å². The van der Waals surface area contributed by atoms with Crippen molar-refractivity contribution >= 4 is 28.9 Å². The number of carbonyl (C=O) groups is 2. The van der Waals surface area contributed by atoms with Crippen LogP contribution in [-0.4, -0.2) is 30.4 Å². The molecule has 2 aromatic rings. The number of nitro groups is 1. The van der Waals surface area contributed by atoms with Crippen molar-refractivity contribution < 1.29 is 19.2 Å². The maximum Gasteiger partial charge on any atom is 0.269 e. The van der Waals surface area contributed by atoms with Gasteiger partial charge in [-0.1, -0.05) is 0 Å². The van der Waals surface area contributed by atoms with Crippen molar-refractivity contribution in [2.24, 2.45) is 0 Å². The molecule has 0 radical (unpaired) electrons. The number of hydrogen-bond donors (Lipinski definition) is 1. The summed E-state index contributed by atoms with van der Waals surface area (Å²) in [6, 6.07) is 10.4. The second-order valence-electron chi connectivity index (χ2n) is 6.15. The standard InChI is InChI=1S/C19H19N3O5/c1-27-17-12-14(7-10-16(17)21-11-3-2-4-18(21)23)20-19(24)13-5-8-15(9-6-13)22(25)26/h5-10,12H,2-4,11H2,1H3,(H,20,24). The molecule has 0 bridgehead atoms. The molecule has 8 heteroatoms. The number of nitrogens with one attached hydrogen (secondary N) is 1. The lowest BCUT2D eigenvalue weighted by molar-refractivity contribution is -0.384. The van der Waals surface area contributed by atoms with Crippen LogP contribution in [-0.2, 0) is 4.79 Å². The van der Waals surface area contributed by atoms with Gasteiger partial charge < -0.3 is 15.0 Å². The molecule has 1 heterocycles. The van der Waals surface area contributed by atoms with Crippen molar-refractivity contribution in [2.75, 3.05) is 23.9 Å². The largest absolute Gasteiger partial charge is 0.494 e. The van der Waals surface area contributed by atoms with E-state index >= 15 is 0 Å². The first-order chi connectivity index (χ1) is 13.0. The summed E-state index contributed by atoms with van der Waals surface area (Å²) in [7, 11) is 1.51. The van der Waals surface area contributed by atoms with E-state index in [2.05, 4.69) is 5.32 Å². The molecular formula is C19H19N3O5. The van der Waals surface area contributed by atoms with Crippen LogP contribution in [0.1, 0.15) is 29.6 Å². The highest BCUT2D eigenvalue weighted by molar-refractivity contribution is 6.05. The van der Waals surface area contributed by atoms with Crippen molar-refractivity contribution in [3.05, 3.63) is 58.1 Å². The summed E-state index contributed by atoms with van der Waals surface area (Å²) in [5, 5.41) is 13.4. The third kappa shape index (κ3) is 4.05. The fourth-order valence-corrected chi connectivity index (χ4v) is 2.98. The van der Waals surface area contributed by atoms with E-state index in [-0.39, 0.29) is 11.6 Å². The molecule has 0 spiro atoms. The van der Waals surface area contributed by atoms with Crippen LogP contribution in [0.5, 0.6) is 5.75 Å². The normalized spacial score (nSPS) is 14.0. The Morgan fingerprint density at radius 2 is 1.93 bits per heavy atom. The summed E-state index contributed by atoms with van der Waals surface area (Å²) in [4.78, 5) is 36.4. The van der Waals surface area contributed by atoms with E-state index in [0.29, 0.717) is 35.7 Å². The Balaban J connectivity index is 1.78. The minimum atomic E-state index is -0.521. The summed E-state index contributed by atoms with van der Waals surface area (Å²) < 4.78 is 5.40. The quantitative estimate of drug-likeness (QED) is 0.643. The van der Waals surface area contributed by atoms with Gasteiger partial charge in [0.15, 0.2) is 0 Å². The molecule has 27 heavy (non-hydrogen) atoms. The second kappa shape index (κ2) is 7.86. The summed E-state index contributed by atoms with van der Waals surface area (Å²) in [5.41, 5.74) is 1.40. The minimum absolute atomic E-state index is 0.0576. The second-order valence-corrected chi connectivity index (χ2v) is 6.15. The van der Waals surface area contributed by atoms with Gasteiger partial charge in [-0.05, 0) is 37.1 Å². The number of amides is 2. The number of nitro benzene ring substituents is 1. The average Bonchev–Trinajstić information content (AvgIpc) is 2.68. The Bertz CT molecular complexity index is 879. The Kier molecular flexibility index (Phi) is 5.35. The first-order valence-corrected chi connectivity index (χ1v) is 8.54. The molecule has 1 aliphatic heterocycles. The van der Waals surface area contributed by atoms with E-state index in [0.717, 1.165) is 12.8 Å². The molecular weight excluding hydrogens is 350 g/mol. The minimum Gasteiger partial charge on any atom is -0.494 e. The Morgan fingerprint density at radius 3 is 2.56 bits per heavy atom. The molecule has 1 fully saturated rings. The number of rotatable bonds is 5. The molecule has 2 amide bonds. The zero-order valence-corrected chi connectivity index (χ0v) is 14.8. The Labute approximate surface area is 155 Å². The molecule has 2 aromatic carbocycles. The smallest absolute Gasteiger partial charge is 0.269 e. The lowest BCUT2D eigenvalue weighted by atomic mass is 10.1. The van der Waals surface area contributed by atoms with Crippen molar-refractivity contribution in [1.29, 1.82) is 0 Å². The van der Waals surface area contributed by atoms with Gasteiger partial charge in [0.05, 0.1) is 17.7 Å². The van der Waals surface area contributed by atoms with E-state index in [4.69, 9.17) is 4.74 Å². The van der Waals surface area contributed by atoms with Gasteiger partial charge in [-0.25, -0.2) is 0 Å². The van der Waals surface area contributed by atoms with Crippen LogP contribution < -0.4 is 15.0 Å². The van der Waals surface area contributed by atoms with Crippen molar-refractivity contribution in [3.63, 3.8) is 0 Å². The van der Waals surface area contributed by atoms with Crippen molar-refractivity contribution in [1.82, 2.24) is 0 Å². The van der Waals surface area contributed by atoms with Crippen molar-refractivity contribution in [3.8, 4) is 5.75 Å². The maximum atomic E-state index is 12.3. The van der Waals surface area contributed by atoms with Crippen LogP contribution >= 0.6 is 0 Å². The van der Waals surface area contributed by atoms with E-state index in [1.165, 1.54) is 31.4 Å². The number of non-ortho nitro benzene ring substituents is 1. The molecule has 0 aromatic heterocycles. The first kappa shape index (κ1) is 18.4. The van der Waals surface area contributed by atoms with Gasteiger partial charge in [-0.3, -0.25) is 19.7 Å². The number of piperidine rings is 1. The Morgan fingerprint density at radius 1 is 1.19 bits per heavy atom. The van der Waals surface area contributed by atoms with Crippen LogP contribution in [0.15, 0.2) is 42.5 Å². The van der Waals surface area contributed by atoms with Gasteiger partial charge >= 0.3 is 0 Å². The maximum absolute atomic E-state index is 12.3.